The SMILES string of the molecule is CCC(=O)N1CCc2cccc(Nc3ccnc(Cl)c3)c21. The fraction of sp³-hybridized carbons (Fsp3) is 0.250. The number of nitrogens with zero attached hydrogens (tertiary/aromatic N) is 2. The number of nitrogens with one attached hydrogen (secondary N) is 1. The number of hydrogen-bond donors (Lipinski definition) is 1. The Morgan fingerprint density at radius 2 is 2.29 bits per heavy atom. The zero-order valence-corrected chi connectivity index (χ0v) is 12.5. The summed E-state index contributed by atoms with van der Waals surface area (Å²) in [5.41, 5.74) is 3.97. The normalized spacial score (nSPS) is 13.1. The maximum atomic E-state index is 12.1. The first-order chi connectivity index (χ1) is 10.2. The van der Waals surface area contributed by atoms with Crippen molar-refractivity contribution in [3.05, 3.63) is 47.2 Å². The Kier molecular flexibility index (Phi) is 3.80. The molecule has 1 amide bonds. The number of para-hydroxylation sites is 1. The molecular formula is C16H16ClN3O. The van der Waals surface area contributed by atoms with E-state index in [-0.39, 0.29) is 5.91 Å². The largest absolute Gasteiger partial charge is 0.354 e. The van der Waals surface area contributed by atoms with E-state index >= 15 is 0 Å². The number of benzene rings is 1. The van der Waals surface area contributed by atoms with Gasteiger partial charge in [0.25, 0.3) is 0 Å². The third kappa shape index (κ3) is 2.72. The van der Waals surface area contributed by atoms with Crippen molar-refractivity contribution in [3.8, 4) is 0 Å². The molecule has 3 rings (SSSR count). The Hall–Kier alpha value is -2.07. The molecule has 1 aromatic heterocycles. The second-order valence-corrected chi connectivity index (χ2v) is 5.34. The van der Waals surface area contributed by atoms with E-state index in [4.69, 9.17) is 11.6 Å². The molecule has 1 aromatic carbocycles. The lowest BCUT2D eigenvalue weighted by Crippen LogP contribution is -2.28. The van der Waals surface area contributed by atoms with Gasteiger partial charge in [0.05, 0.1) is 11.4 Å². The van der Waals surface area contributed by atoms with Crippen molar-refractivity contribution in [2.75, 3.05) is 16.8 Å². The number of amides is 1. The number of aromatic nitrogens is 1. The van der Waals surface area contributed by atoms with Crippen LogP contribution in [0.15, 0.2) is 36.5 Å². The van der Waals surface area contributed by atoms with Crippen LogP contribution in [-0.2, 0) is 11.2 Å². The van der Waals surface area contributed by atoms with Gasteiger partial charge in [0.15, 0.2) is 0 Å². The molecular weight excluding hydrogens is 286 g/mol. The maximum absolute atomic E-state index is 12.1. The minimum atomic E-state index is 0.149. The number of anilines is 3. The van der Waals surface area contributed by atoms with Crippen molar-refractivity contribution in [2.24, 2.45) is 0 Å². The average Bonchev–Trinajstić information content (AvgIpc) is 2.91. The number of carbonyl (C=O) groups is 1. The van der Waals surface area contributed by atoms with Gasteiger partial charge in [0, 0.05) is 24.8 Å². The van der Waals surface area contributed by atoms with Crippen molar-refractivity contribution in [1.29, 1.82) is 0 Å². The minimum Gasteiger partial charge on any atom is -0.354 e. The first-order valence-corrected chi connectivity index (χ1v) is 7.37. The lowest BCUT2D eigenvalue weighted by molar-refractivity contribution is -0.118. The Balaban J connectivity index is 1.97. The van der Waals surface area contributed by atoms with E-state index in [2.05, 4.69) is 16.4 Å². The smallest absolute Gasteiger partial charge is 0.226 e. The van der Waals surface area contributed by atoms with Gasteiger partial charge in [0.1, 0.15) is 5.15 Å². The molecule has 108 valence electrons. The van der Waals surface area contributed by atoms with E-state index in [1.54, 1.807) is 12.3 Å². The highest BCUT2D eigenvalue weighted by atomic mass is 35.5. The van der Waals surface area contributed by atoms with Crippen LogP contribution < -0.4 is 10.2 Å². The van der Waals surface area contributed by atoms with Crippen LogP contribution in [0, 0.1) is 0 Å². The van der Waals surface area contributed by atoms with Gasteiger partial charge in [-0.15, -0.1) is 0 Å². The first kappa shape index (κ1) is 13.9. The van der Waals surface area contributed by atoms with Crippen LogP contribution in [0.4, 0.5) is 17.1 Å². The fourth-order valence-corrected chi connectivity index (χ4v) is 2.81. The standard InChI is InChI=1S/C16H16ClN3O/c1-2-15(21)20-9-7-11-4-3-5-13(16(11)20)19-12-6-8-18-14(17)10-12/h3-6,8,10H,2,7,9H2,1H3,(H,18,19). The lowest BCUT2D eigenvalue weighted by Gasteiger charge is -2.20. The van der Waals surface area contributed by atoms with E-state index in [1.807, 2.05) is 30.0 Å². The summed E-state index contributed by atoms with van der Waals surface area (Å²) in [7, 11) is 0. The van der Waals surface area contributed by atoms with Gasteiger partial charge in [0.2, 0.25) is 5.91 Å². The topological polar surface area (TPSA) is 45.2 Å². The summed E-state index contributed by atoms with van der Waals surface area (Å²) in [5, 5.41) is 3.77. The van der Waals surface area contributed by atoms with E-state index in [0.717, 1.165) is 30.0 Å². The van der Waals surface area contributed by atoms with E-state index in [1.165, 1.54) is 5.56 Å². The van der Waals surface area contributed by atoms with Crippen molar-refractivity contribution >= 4 is 34.6 Å². The summed E-state index contributed by atoms with van der Waals surface area (Å²) in [6, 6.07) is 9.68. The molecule has 4 nitrogen and oxygen atoms in total. The number of fused-ring (bicyclic) bond motifs is 1. The van der Waals surface area contributed by atoms with Gasteiger partial charge in [-0.1, -0.05) is 30.7 Å². The van der Waals surface area contributed by atoms with Crippen LogP contribution in [0.3, 0.4) is 0 Å². The van der Waals surface area contributed by atoms with Crippen LogP contribution >= 0.6 is 11.6 Å². The molecule has 2 aromatic rings. The number of pyridine rings is 1. The highest BCUT2D eigenvalue weighted by Gasteiger charge is 2.26. The van der Waals surface area contributed by atoms with Gasteiger partial charge in [-0.25, -0.2) is 4.98 Å². The highest BCUT2D eigenvalue weighted by molar-refractivity contribution is 6.29. The quantitative estimate of drug-likeness (QED) is 0.878. The molecule has 0 bridgehead atoms. The first-order valence-electron chi connectivity index (χ1n) is 7.00. The van der Waals surface area contributed by atoms with Gasteiger partial charge < -0.3 is 10.2 Å². The number of halogens is 1. The molecule has 0 saturated carbocycles. The number of rotatable bonds is 3. The average molecular weight is 302 g/mol. The second kappa shape index (κ2) is 5.74. The fourth-order valence-electron chi connectivity index (χ4n) is 2.63. The predicted molar refractivity (Wildman–Crippen MR) is 85.3 cm³/mol. The molecule has 0 atom stereocenters. The molecule has 0 radical (unpaired) electrons. The maximum Gasteiger partial charge on any atom is 0.226 e. The molecule has 2 heterocycles. The summed E-state index contributed by atoms with van der Waals surface area (Å²) in [5.74, 6) is 0.149. The van der Waals surface area contributed by atoms with Crippen LogP contribution in [0.25, 0.3) is 0 Å². The van der Waals surface area contributed by atoms with Gasteiger partial charge in [-0.05, 0) is 30.2 Å². The monoisotopic (exact) mass is 301 g/mol. The van der Waals surface area contributed by atoms with Crippen LogP contribution in [0.5, 0.6) is 0 Å². The lowest BCUT2D eigenvalue weighted by atomic mass is 10.1. The van der Waals surface area contributed by atoms with Gasteiger partial charge >= 0.3 is 0 Å². The minimum absolute atomic E-state index is 0.149. The molecule has 1 N–H and O–H groups in total. The summed E-state index contributed by atoms with van der Waals surface area (Å²) < 4.78 is 0. The van der Waals surface area contributed by atoms with Crippen molar-refractivity contribution in [3.63, 3.8) is 0 Å². The molecule has 1 aliphatic rings. The van der Waals surface area contributed by atoms with Crippen molar-refractivity contribution < 1.29 is 4.79 Å². The summed E-state index contributed by atoms with van der Waals surface area (Å²) >= 11 is 5.91. The number of hydrogen-bond acceptors (Lipinski definition) is 3. The summed E-state index contributed by atoms with van der Waals surface area (Å²) in [6.07, 6.45) is 3.06. The van der Waals surface area contributed by atoms with E-state index in [0.29, 0.717) is 11.6 Å². The Labute approximate surface area is 128 Å². The molecule has 1 aliphatic heterocycles. The molecule has 0 spiro atoms. The summed E-state index contributed by atoms with van der Waals surface area (Å²) in [4.78, 5) is 17.9. The summed E-state index contributed by atoms with van der Waals surface area (Å²) in [6.45, 7) is 2.64. The second-order valence-electron chi connectivity index (χ2n) is 4.95. The Morgan fingerprint density at radius 3 is 3.05 bits per heavy atom. The molecule has 0 saturated heterocycles. The van der Waals surface area contributed by atoms with Crippen LogP contribution in [0.1, 0.15) is 18.9 Å². The zero-order chi connectivity index (χ0) is 14.8. The van der Waals surface area contributed by atoms with Crippen LogP contribution in [-0.4, -0.2) is 17.4 Å². The third-order valence-corrected chi connectivity index (χ3v) is 3.81. The number of carbonyl (C=O) groups excluding carboxylic acids is 1. The molecule has 5 heteroatoms. The van der Waals surface area contributed by atoms with Crippen molar-refractivity contribution in [2.45, 2.75) is 19.8 Å². The highest BCUT2D eigenvalue weighted by Crippen LogP contribution is 2.37. The van der Waals surface area contributed by atoms with Crippen molar-refractivity contribution in [1.82, 2.24) is 4.98 Å². The van der Waals surface area contributed by atoms with Gasteiger partial charge in [-0.2, -0.15) is 0 Å². The molecule has 0 unspecified atom stereocenters. The Morgan fingerprint density at radius 1 is 1.43 bits per heavy atom. The van der Waals surface area contributed by atoms with Gasteiger partial charge in [-0.3, -0.25) is 4.79 Å². The van der Waals surface area contributed by atoms with Crippen LogP contribution in [0.2, 0.25) is 5.15 Å². The van der Waals surface area contributed by atoms with E-state index < -0.39 is 0 Å². The Bertz CT molecular complexity index is 687. The third-order valence-electron chi connectivity index (χ3n) is 3.60. The molecule has 21 heavy (non-hydrogen) atoms. The molecule has 0 fully saturated rings. The van der Waals surface area contributed by atoms with E-state index in [9.17, 15) is 4.79 Å². The zero-order valence-electron chi connectivity index (χ0n) is 11.8. The predicted octanol–water partition coefficient (Wildman–Crippen LogP) is 3.78. The molecule has 0 aliphatic carbocycles.